The summed E-state index contributed by atoms with van der Waals surface area (Å²) in [5.41, 5.74) is 1.40. The highest BCUT2D eigenvalue weighted by Gasteiger charge is 2.36. The lowest BCUT2D eigenvalue weighted by molar-refractivity contribution is -0.140. The summed E-state index contributed by atoms with van der Waals surface area (Å²) in [6, 6.07) is 7.76. The first-order valence-electron chi connectivity index (χ1n) is 13.4. The Morgan fingerprint density at radius 3 is 2.47 bits per heavy atom. The van der Waals surface area contributed by atoms with E-state index in [1.54, 1.807) is 57.2 Å². The van der Waals surface area contributed by atoms with Crippen LogP contribution in [-0.2, 0) is 14.3 Å². The molecule has 2 aromatic carbocycles. The summed E-state index contributed by atoms with van der Waals surface area (Å²) in [5, 5.41) is 9.05. The number of methoxy groups -OCH3 is 1. The fourth-order valence-electron chi connectivity index (χ4n) is 4.65. The number of aliphatic carboxylic acids is 1. The summed E-state index contributed by atoms with van der Waals surface area (Å²) in [5.74, 6) is -0.304. The van der Waals surface area contributed by atoms with Crippen molar-refractivity contribution >= 4 is 45.3 Å². The van der Waals surface area contributed by atoms with Crippen LogP contribution in [0, 0.1) is 0 Å². The van der Waals surface area contributed by atoms with Crippen molar-refractivity contribution in [3.05, 3.63) is 76.9 Å². The topological polar surface area (TPSA) is 135 Å². The van der Waals surface area contributed by atoms with E-state index in [1.807, 2.05) is 6.92 Å². The third-order valence-electron chi connectivity index (χ3n) is 6.30. The molecule has 1 N–H and O–H groups in total. The molecule has 0 unspecified atom stereocenters. The Bertz CT molecular complexity index is 1760. The van der Waals surface area contributed by atoms with Gasteiger partial charge in [-0.1, -0.05) is 23.5 Å². The molecule has 0 amide bonds. The van der Waals surface area contributed by atoms with Gasteiger partial charge in [-0.2, -0.15) is 0 Å². The number of allylic oxidation sites excluding steroid dienone is 1. The molecule has 0 bridgehead atoms. The molecule has 0 saturated carbocycles. The van der Waals surface area contributed by atoms with E-state index in [9.17, 15) is 14.4 Å². The first-order valence-corrected chi connectivity index (χ1v) is 15.1. The largest absolute Gasteiger partial charge is 0.493 e. The second kappa shape index (κ2) is 13.9. The number of rotatable bonds is 12. The minimum absolute atomic E-state index is 0.145. The van der Waals surface area contributed by atoms with Crippen LogP contribution in [0.3, 0.4) is 0 Å². The fourth-order valence-corrected chi connectivity index (χ4v) is 6.27. The van der Waals surface area contributed by atoms with E-state index >= 15 is 0 Å². The molecule has 2 heterocycles. The Labute approximate surface area is 259 Å². The Morgan fingerprint density at radius 2 is 1.81 bits per heavy atom. The van der Waals surface area contributed by atoms with Gasteiger partial charge in [0, 0.05) is 5.56 Å². The Morgan fingerprint density at radius 1 is 1.07 bits per heavy atom. The number of ether oxygens (including phenoxy) is 5. The predicted octanol–water partition coefficient (Wildman–Crippen LogP) is 3.83. The smallest absolute Gasteiger partial charge is 0.341 e. The standard InChI is InChI=1S/C30H31BrN2O9S/c1-6-39-21-13-17(12-19(31)27(21)42-15-23(34)35)14-22-28(36)33-25(18-10-9-11-20(38-5)26(18)40-7-2)24(29(37)41-8-3)16(4)32-30(33)43-22/h9-14,25H,6-8,15H2,1-5H3,(H,34,35)/b22-14+/t25-/m0/s1. The van der Waals surface area contributed by atoms with Crippen LogP contribution in [0.25, 0.3) is 6.08 Å². The van der Waals surface area contributed by atoms with E-state index in [1.165, 1.54) is 11.7 Å². The SMILES string of the molecule is CCOC(=O)C1=C(C)N=c2s/c(=C/c3cc(Br)c(OCC(=O)O)c(OCC)c3)c(=O)n2[C@H]1c1cccc(OC)c1OCC. The van der Waals surface area contributed by atoms with Crippen molar-refractivity contribution in [1.82, 2.24) is 4.57 Å². The number of nitrogens with zero attached hydrogens (tertiary/aromatic N) is 2. The third-order valence-corrected chi connectivity index (χ3v) is 7.87. The van der Waals surface area contributed by atoms with Crippen molar-refractivity contribution in [3.63, 3.8) is 0 Å². The molecular weight excluding hydrogens is 644 g/mol. The number of carboxylic acid groups (broad SMARTS) is 1. The van der Waals surface area contributed by atoms with Gasteiger partial charge >= 0.3 is 11.9 Å². The zero-order valence-electron chi connectivity index (χ0n) is 24.3. The highest BCUT2D eigenvalue weighted by atomic mass is 79.9. The van der Waals surface area contributed by atoms with Gasteiger partial charge in [-0.3, -0.25) is 9.36 Å². The molecule has 1 aliphatic rings. The molecule has 0 aliphatic carbocycles. The van der Waals surface area contributed by atoms with Crippen LogP contribution in [0.2, 0.25) is 0 Å². The normalized spacial score (nSPS) is 14.6. The molecular formula is C30H31BrN2O9S. The van der Waals surface area contributed by atoms with Crippen LogP contribution in [0.5, 0.6) is 23.0 Å². The molecule has 1 aliphatic heterocycles. The summed E-state index contributed by atoms with van der Waals surface area (Å²) < 4.78 is 30.3. The minimum atomic E-state index is -1.13. The first kappa shape index (κ1) is 31.8. The van der Waals surface area contributed by atoms with Crippen molar-refractivity contribution in [3.8, 4) is 23.0 Å². The Balaban J connectivity index is 1.95. The number of carbonyl (C=O) groups excluding carboxylic acids is 1. The average molecular weight is 676 g/mol. The van der Waals surface area contributed by atoms with Crippen molar-refractivity contribution < 1.29 is 38.4 Å². The second-order valence-corrected chi connectivity index (χ2v) is 10.9. The van der Waals surface area contributed by atoms with E-state index < -0.39 is 24.6 Å². The maximum absolute atomic E-state index is 14.1. The molecule has 0 saturated heterocycles. The number of hydrogen-bond donors (Lipinski definition) is 1. The van der Waals surface area contributed by atoms with Crippen LogP contribution >= 0.6 is 27.3 Å². The molecule has 0 radical (unpaired) electrons. The maximum atomic E-state index is 14.1. The summed E-state index contributed by atoms with van der Waals surface area (Å²) in [6.07, 6.45) is 1.67. The van der Waals surface area contributed by atoms with Crippen molar-refractivity contribution in [2.24, 2.45) is 4.99 Å². The number of para-hydroxylation sites is 1. The zero-order valence-corrected chi connectivity index (χ0v) is 26.7. The average Bonchev–Trinajstić information content (AvgIpc) is 3.26. The Kier molecular flexibility index (Phi) is 10.3. The van der Waals surface area contributed by atoms with Crippen LogP contribution in [0.15, 0.2) is 55.9 Å². The monoisotopic (exact) mass is 674 g/mol. The molecule has 3 aromatic rings. The van der Waals surface area contributed by atoms with E-state index in [4.69, 9.17) is 28.8 Å². The highest BCUT2D eigenvalue weighted by molar-refractivity contribution is 9.10. The van der Waals surface area contributed by atoms with E-state index in [0.29, 0.717) is 61.1 Å². The van der Waals surface area contributed by atoms with Gasteiger partial charge < -0.3 is 28.8 Å². The van der Waals surface area contributed by atoms with Crippen LogP contribution < -0.4 is 33.8 Å². The Hall–Kier alpha value is -4.10. The molecule has 0 fully saturated rings. The van der Waals surface area contributed by atoms with Gasteiger partial charge in [-0.05, 0) is 73.5 Å². The van der Waals surface area contributed by atoms with Gasteiger partial charge in [0.1, 0.15) is 6.04 Å². The van der Waals surface area contributed by atoms with Crippen molar-refractivity contribution in [1.29, 1.82) is 0 Å². The van der Waals surface area contributed by atoms with E-state index in [-0.39, 0.29) is 23.5 Å². The summed E-state index contributed by atoms with van der Waals surface area (Å²) >= 11 is 4.59. The van der Waals surface area contributed by atoms with Gasteiger partial charge in [0.25, 0.3) is 5.56 Å². The molecule has 1 atom stereocenters. The number of thiazole rings is 1. The molecule has 0 spiro atoms. The zero-order chi connectivity index (χ0) is 31.3. The van der Waals surface area contributed by atoms with Gasteiger partial charge in [0.2, 0.25) is 0 Å². The van der Waals surface area contributed by atoms with Crippen LogP contribution in [-0.4, -0.2) is 55.1 Å². The molecule has 11 nitrogen and oxygen atoms in total. The number of halogens is 1. The quantitative estimate of drug-likeness (QED) is 0.284. The van der Waals surface area contributed by atoms with Crippen LogP contribution in [0.4, 0.5) is 0 Å². The lowest BCUT2D eigenvalue weighted by Gasteiger charge is -2.26. The van der Waals surface area contributed by atoms with E-state index in [2.05, 4.69) is 20.9 Å². The summed E-state index contributed by atoms with van der Waals surface area (Å²) in [4.78, 5) is 43.5. The highest BCUT2D eigenvalue weighted by Crippen LogP contribution is 2.41. The van der Waals surface area contributed by atoms with Crippen molar-refractivity contribution in [2.45, 2.75) is 33.7 Å². The number of hydrogen-bond acceptors (Lipinski definition) is 10. The number of aromatic nitrogens is 1. The summed E-state index contributed by atoms with van der Waals surface area (Å²) in [7, 11) is 1.52. The van der Waals surface area contributed by atoms with Gasteiger partial charge in [-0.25, -0.2) is 14.6 Å². The van der Waals surface area contributed by atoms with Gasteiger partial charge in [0.05, 0.1) is 47.2 Å². The number of fused-ring (bicyclic) bond motifs is 1. The van der Waals surface area contributed by atoms with Gasteiger partial charge in [-0.15, -0.1) is 0 Å². The molecule has 228 valence electrons. The second-order valence-electron chi connectivity index (χ2n) is 9.06. The van der Waals surface area contributed by atoms with E-state index in [0.717, 1.165) is 11.3 Å². The molecule has 1 aromatic heterocycles. The lowest BCUT2D eigenvalue weighted by atomic mass is 9.94. The van der Waals surface area contributed by atoms with Crippen molar-refractivity contribution in [2.75, 3.05) is 33.5 Å². The first-order chi connectivity index (χ1) is 20.6. The fraction of sp³-hybridized carbons (Fsp3) is 0.333. The number of benzene rings is 2. The molecule has 4 rings (SSSR count). The summed E-state index contributed by atoms with van der Waals surface area (Å²) in [6.45, 7) is 7.27. The number of carboxylic acids is 1. The lowest BCUT2D eigenvalue weighted by Crippen LogP contribution is -2.40. The number of carbonyl (C=O) groups is 2. The molecule has 13 heteroatoms. The van der Waals surface area contributed by atoms with Gasteiger partial charge in [0.15, 0.2) is 34.4 Å². The predicted molar refractivity (Wildman–Crippen MR) is 163 cm³/mol. The molecule has 43 heavy (non-hydrogen) atoms. The van der Waals surface area contributed by atoms with Crippen LogP contribution in [0.1, 0.15) is 44.9 Å². The maximum Gasteiger partial charge on any atom is 0.341 e. The minimum Gasteiger partial charge on any atom is -0.493 e. The third kappa shape index (κ3) is 6.62. The number of esters is 1.